The molecule has 0 unspecified atom stereocenters. The minimum absolute atomic E-state index is 0.0430. The molecule has 2 N–H and O–H groups in total. The van der Waals surface area contributed by atoms with Crippen molar-refractivity contribution in [2.75, 3.05) is 19.7 Å². The van der Waals surface area contributed by atoms with E-state index < -0.39 is 0 Å². The van der Waals surface area contributed by atoms with Gasteiger partial charge in [-0.25, -0.2) is 0 Å². The summed E-state index contributed by atoms with van der Waals surface area (Å²) in [6.45, 7) is 6.40. The van der Waals surface area contributed by atoms with Crippen LogP contribution in [0, 0.1) is 0 Å². The van der Waals surface area contributed by atoms with Crippen molar-refractivity contribution in [1.29, 1.82) is 0 Å². The van der Waals surface area contributed by atoms with Crippen LogP contribution in [-0.4, -0.2) is 37.1 Å². The molecule has 0 fully saturated rings. The van der Waals surface area contributed by atoms with Gasteiger partial charge in [-0.05, 0) is 26.3 Å². The number of hydrogen-bond acceptors (Lipinski definition) is 4. The standard InChI is InChI=1S/C17H24N2O4/c1-4-8-18-14(20)10-19-15(21)11-22-13-7-5-6-12-9-17(2,3)23-16(12)13/h5-7H,4,8-11H2,1-3H3,(H,18,20)(H,19,21). The second kappa shape index (κ2) is 7.35. The van der Waals surface area contributed by atoms with Gasteiger partial charge >= 0.3 is 0 Å². The maximum Gasteiger partial charge on any atom is 0.258 e. The number of ether oxygens (including phenoxy) is 2. The molecule has 126 valence electrons. The number of fused-ring (bicyclic) bond motifs is 1. The monoisotopic (exact) mass is 320 g/mol. The number of nitrogens with one attached hydrogen (secondary N) is 2. The molecule has 1 heterocycles. The van der Waals surface area contributed by atoms with Crippen molar-refractivity contribution in [3.63, 3.8) is 0 Å². The Bertz CT molecular complexity index is 584. The highest BCUT2D eigenvalue weighted by Crippen LogP contribution is 2.41. The predicted octanol–water partition coefficient (Wildman–Crippen LogP) is 1.42. The Morgan fingerprint density at radius 3 is 2.78 bits per heavy atom. The number of carbonyl (C=O) groups excluding carboxylic acids is 2. The van der Waals surface area contributed by atoms with Crippen LogP contribution in [0.25, 0.3) is 0 Å². The second-order valence-electron chi connectivity index (χ2n) is 6.20. The van der Waals surface area contributed by atoms with Gasteiger partial charge in [-0.2, -0.15) is 0 Å². The molecule has 1 aromatic rings. The lowest BCUT2D eigenvalue weighted by molar-refractivity contribution is -0.127. The van der Waals surface area contributed by atoms with Crippen LogP contribution in [0.5, 0.6) is 11.5 Å². The number of carbonyl (C=O) groups is 2. The van der Waals surface area contributed by atoms with E-state index in [1.165, 1.54) is 0 Å². The molecule has 0 saturated heterocycles. The summed E-state index contributed by atoms with van der Waals surface area (Å²) in [7, 11) is 0. The zero-order chi connectivity index (χ0) is 16.9. The molecule has 1 aliphatic rings. The molecule has 6 heteroatoms. The van der Waals surface area contributed by atoms with Gasteiger partial charge in [0.1, 0.15) is 5.60 Å². The topological polar surface area (TPSA) is 76.7 Å². The van der Waals surface area contributed by atoms with Crippen molar-refractivity contribution in [3.8, 4) is 11.5 Å². The first-order valence-electron chi connectivity index (χ1n) is 7.88. The van der Waals surface area contributed by atoms with Gasteiger partial charge in [0, 0.05) is 18.5 Å². The Hall–Kier alpha value is -2.24. The minimum Gasteiger partial charge on any atom is -0.483 e. The number of hydrogen-bond donors (Lipinski definition) is 2. The third kappa shape index (κ3) is 4.87. The Morgan fingerprint density at radius 2 is 2.04 bits per heavy atom. The average molecular weight is 320 g/mol. The molecule has 0 aliphatic carbocycles. The zero-order valence-electron chi connectivity index (χ0n) is 13.9. The van der Waals surface area contributed by atoms with Gasteiger partial charge in [0.2, 0.25) is 5.91 Å². The minimum atomic E-state index is -0.341. The summed E-state index contributed by atoms with van der Waals surface area (Å²) in [6.07, 6.45) is 1.67. The molecule has 0 spiro atoms. The lowest BCUT2D eigenvalue weighted by Gasteiger charge is -2.18. The van der Waals surface area contributed by atoms with Crippen molar-refractivity contribution in [2.45, 2.75) is 39.2 Å². The van der Waals surface area contributed by atoms with Gasteiger partial charge in [-0.15, -0.1) is 0 Å². The van der Waals surface area contributed by atoms with Crippen molar-refractivity contribution in [1.82, 2.24) is 10.6 Å². The van der Waals surface area contributed by atoms with Crippen molar-refractivity contribution < 1.29 is 19.1 Å². The average Bonchev–Trinajstić information content (AvgIpc) is 2.83. The quantitative estimate of drug-likeness (QED) is 0.797. The molecular formula is C17H24N2O4. The van der Waals surface area contributed by atoms with Crippen LogP contribution in [0.3, 0.4) is 0 Å². The van der Waals surface area contributed by atoms with Crippen LogP contribution in [0.2, 0.25) is 0 Å². The van der Waals surface area contributed by atoms with Crippen molar-refractivity contribution in [3.05, 3.63) is 23.8 Å². The highest BCUT2D eigenvalue weighted by atomic mass is 16.5. The fourth-order valence-corrected chi connectivity index (χ4v) is 2.40. The van der Waals surface area contributed by atoms with Crippen LogP contribution in [0.15, 0.2) is 18.2 Å². The maximum absolute atomic E-state index is 11.8. The summed E-state index contributed by atoms with van der Waals surface area (Å²) >= 11 is 0. The fourth-order valence-electron chi connectivity index (χ4n) is 2.40. The maximum atomic E-state index is 11.8. The first-order valence-corrected chi connectivity index (χ1v) is 7.88. The van der Waals surface area contributed by atoms with E-state index in [0.29, 0.717) is 18.0 Å². The number of benzene rings is 1. The van der Waals surface area contributed by atoms with E-state index in [0.717, 1.165) is 18.4 Å². The first kappa shape index (κ1) is 17.1. The molecule has 0 saturated carbocycles. The van der Waals surface area contributed by atoms with E-state index in [-0.39, 0.29) is 30.6 Å². The third-order valence-corrected chi connectivity index (χ3v) is 3.43. The molecule has 0 bridgehead atoms. The molecule has 0 aromatic heterocycles. The van der Waals surface area contributed by atoms with Gasteiger partial charge in [0.15, 0.2) is 18.1 Å². The molecule has 0 radical (unpaired) electrons. The van der Waals surface area contributed by atoms with Crippen LogP contribution in [0.1, 0.15) is 32.8 Å². The highest BCUT2D eigenvalue weighted by molar-refractivity contribution is 5.85. The van der Waals surface area contributed by atoms with Gasteiger partial charge in [-0.1, -0.05) is 19.1 Å². The lowest BCUT2D eigenvalue weighted by Crippen LogP contribution is -2.39. The van der Waals surface area contributed by atoms with Crippen LogP contribution < -0.4 is 20.1 Å². The van der Waals surface area contributed by atoms with Crippen molar-refractivity contribution in [2.24, 2.45) is 0 Å². The van der Waals surface area contributed by atoms with Gasteiger partial charge < -0.3 is 20.1 Å². The molecule has 2 amide bonds. The van der Waals surface area contributed by atoms with Crippen LogP contribution in [0.4, 0.5) is 0 Å². The molecule has 2 rings (SSSR count). The highest BCUT2D eigenvalue weighted by Gasteiger charge is 2.32. The van der Waals surface area contributed by atoms with Gasteiger partial charge in [0.25, 0.3) is 5.91 Å². The fraction of sp³-hybridized carbons (Fsp3) is 0.529. The Morgan fingerprint density at radius 1 is 1.26 bits per heavy atom. The van der Waals surface area contributed by atoms with E-state index in [2.05, 4.69) is 10.6 Å². The Balaban J connectivity index is 1.82. The van der Waals surface area contributed by atoms with E-state index in [4.69, 9.17) is 9.47 Å². The van der Waals surface area contributed by atoms with E-state index in [1.807, 2.05) is 32.9 Å². The Labute approximate surface area is 136 Å². The van der Waals surface area contributed by atoms with Gasteiger partial charge in [0.05, 0.1) is 6.54 Å². The largest absolute Gasteiger partial charge is 0.483 e. The zero-order valence-corrected chi connectivity index (χ0v) is 13.9. The predicted molar refractivity (Wildman–Crippen MR) is 86.7 cm³/mol. The normalized spacial score (nSPS) is 14.6. The number of para-hydroxylation sites is 1. The Kier molecular flexibility index (Phi) is 5.47. The molecule has 6 nitrogen and oxygen atoms in total. The summed E-state index contributed by atoms with van der Waals surface area (Å²) in [5.74, 6) is 0.710. The summed E-state index contributed by atoms with van der Waals surface area (Å²) in [5.41, 5.74) is 0.813. The SMILES string of the molecule is CCCNC(=O)CNC(=O)COc1cccc2c1OC(C)(C)C2. The number of amides is 2. The van der Waals surface area contributed by atoms with E-state index in [1.54, 1.807) is 6.07 Å². The smallest absolute Gasteiger partial charge is 0.258 e. The molecule has 1 aliphatic heterocycles. The molecular weight excluding hydrogens is 296 g/mol. The molecule has 1 aromatic carbocycles. The molecule has 23 heavy (non-hydrogen) atoms. The lowest BCUT2D eigenvalue weighted by atomic mass is 10.0. The molecule has 0 atom stereocenters. The first-order chi connectivity index (χ1) is 10.9. The van der Waals surface area contributed by atoms with Crippen LogP contribution >= 0.6 is 0 Å². The second-order valence-corrected chi connectivity index (χ2v) is 6.20. The summed E-state index contributed by atoms with van der Waals surface area (Å²) in [6, 6.07) is 5.66. The van der Waals surface area contributed by atoms with E-state index >= 15 is 0 Å². The van der Waals surface area contributed by atoms with Crippen molar-refractivity contribution >= 4 is 11.8 Å². The van der Waals surface area contributed by atoms with Gasteiger partial charge in [-0.3, -0.25) is 9.59 Å². The third-order valence-electron chi connectivity index (χ3n) is 3.43. The summed E-state index contributed by atoms with van der Waals surface area (Å²) in [5, 5.41) is 5.22. The number of rotatable bonds is 7. The summed E-state index contributed by atoms with van der Waals surface area (Å²) in [4.78, 5) is 23.2. The summed E-state index contributed by atoms with van der Waals surface area (Å²) < 4.78 is 11.4. The van der Waals surface area contributed by atoms with E-state index in [9.17, 15) is 9.59 Å². The van der Waals surface area contributed by atoms with Crippen LogP contribution in [-0.2, 0) is 16.0 Å².